The first-order valence-electron chi connectivity index (χ1n) is 7.91. The maximum absolute atomic E-state index is 5.96. The molecule has 0 spiro atoms. The van der Waals surface area contributed by atoms with Crippen LogP contribution in [-0.2, 0) is 11.3 Å². The minimum absolute atomic E-state index is 0.0531. The third-order valence-electron chi connectivity index (χ3n) is 4.20. The van der Waals surface area contributed by atoms with Crippen molar-refractivity contribution in [3.05, 3.63) is 41.7 Å². The summed E-state index contributed by atoms with van der Waals surface area (Å²) in [4.78, 5) is 6.59. The van der Waals surface area contributed by atoms with Crippen molar-refractivity contribution in [3.63, 3.8) is 0 Å². The highest BCUT2D eigenvalue weighted by Gasteiger charge is 2.30. The molecule has 3 heterocycles. The number of aromatic nitrogens is 2. The summed E-state index contributed by atoms with van der Waals surface area (Å²) in [6.45, 7) is 4.47. The standard InChI is InChI=1S/C17H19N3O4/c1-11-18-17(24-19-11)15-10-22-6-5-20(15)9-14-8-12-7-13(21-2)3-4-16(12)23-14/h3-4,7-8,15H,5-6,9-10H2,1-2H3/t15-/m0/s1. The molecule has 0 amide bonds. The summed E-state index contributed by atoms with van der Waals surface area (Å²) in [6.07, 6.45) is 0. The Labute approximate surface area is 139 Å². The lowest BCUT2D eigenvalue weighted by atomic mass is 10.2. The lowest BCUT2D eigenvalue weighted by molar-refractivity contribution is -0.0264. The smallest absolute Gasteiger partial charge is 0.246 e. The molecule has 0 radical (unpaired) electrons. The van der Waals surface area contributed by atoms with Crippen LogP contribution >= 0.6 is 0 Å². The van der Waals surface area contributed by atoms with Crippen molar-refractivity contribution >= 4 is 11.0 Å². The Balaban J connectivity index is 1.58. The van der Waals surface area contributed by atoms with E-state index in [1.807, 2.05) is 31.2 Å². The van der Waals surface area contributed by atoms with Crippen LogP contribution in [-0.4, -0.2) is 41.9 Å². The molecule has 7 nitrogen and oxygen atoms in total. The summed E-state index contributed by atoms with van der Waals surface area (Å²) in [5.41, 5.74) is 0.851. The van der Waals surface area contributed by atoms with Crippen molar-refractivity contribution in [2.75, 3.05) is 26.9 Å². The Morgan fingerprint density at radius 3 is 3.04 bits per heavy atom. The quantitative estimate of drug-likeness (QED) is 0.728. The van der Waals surface area contributed by atoms with Gasteiger partial charge in [-0.3, -0.25) is 4.90 Å². The number of rotatable bonds is 4. The first-order chi connectivity index (χ1) is 11.7. The van der Waals surface area contributed by atoms with Gasteiger partial charge in [-0.2, -0.15) is 4.98 Å². The summed E-state index contributed by atoms with van der Waals surface area (Å²) >= 11 is 0. The van der Waals surface area contributed by atoms with Crippen LogP contribution in [0.4, 0.5) is 0 Å². The van der Waals surface area contributed by atoms with E-state index in [1.165, 1.54) is 0 Å². The fraction of sp³-hybridized carbons (Fsp3) is 0.412. The minimum Gasteiger partial charge on any atom is -0.497 e. The van der Waals surface area contributed by atoms with E-state index in [2.05, 4.69) is 15.0 Å². The number of ether oxygens (including phenoxy) is 2. The average molecular weight is 329 g/mol. The molecular formula is C17H19N3O4. The van der Waals surface area contributed by atoms with Crippen LogP contribution in [0.25, 0.3) is 11.0 Å². The highest BCUT2D eigenvalue weighted by atomic mass is 16.5. The largest absolute Gasteiger partial charge is 0.497 e. The summed E-state index contributed by atoms with van der Waals surface area (Å²) in [5, 5.41) is 4.91. The van der Waals surface area contributed by atoms with E-state index in [4.69, 9.17) is 18.4 Å². The molecule has 0 unspecified atom stereocenters. The van der Waals surface area contributed by atoms with Gasteiger partial charge in [-0.1, -0.05) is 5.16 Å². The van der Waals surface area contributed by atoms with E-state index < -0.39 is 0 Å². The van der Waals surface area contributed by atoms with Gasteiger partial charge in [0.1, 0.15) is 23.1 Å². The summed E-state index contributed by atoms with van der Waals surface area (Å²) in [5.74, 6) is 2.93. The monoisotopic (exact) mass is 329 g/mol. The number of hydrogen-bond acceptors (Lipinski definition) is 7. The second-order valence-corrected chi connectivity index (χ2v) is 5.86. The Bertz CT molecular complexity index is 841. The maximum atomic E-state index is 5.96. The number of fused-ring (bicyclic) bond motifs is 1. The van der Waals surface area contributed by atoms with Crippen LogP contribution in [0.5, 0.6) is 5.75 Å². The molecule has 0 aliphatic carbocycles. The van der Waals surface area contributed by atoms with Crippen molar-refractivity contribution in [1.29, 1.82) is 0 Å². The van der Waals surface area contributed by atoms with E-state index in [1.54, 1.807) is 7.11 Å². The normalized spacial score (nSPS) is 19.0. The third-order valence-corrected chi connectivity index (χ3v) is 4.20. The lowest BCUT2D eigenvalue weighted by Gasteiger charge is -2.32. The van der Waals surface area contributed by atoms with Gasteiger partial charge in [0, 0.05) is 11.9 Å². The minimum atomic E-state index is -0.0531. The topological polar surface area (TPSA) is 73.8 Å². The van der Waals surface area contributed by atoms with Crippen LogP contribution in [0.1, 0.15) is 23.5 Å². The maximum Gasteiger partial charge on any atom is 0.246 e. The Hall–Kier alpha value is -2.38. The first kappa shape index (κ1) is 15.2. The highest BCUT2D eigenvalue weighted by Crippen LogP contribution is 2.28. The number of morpholine rings is 1. The van der Waals surface area contributed by atoms with E-state index >= 15 is 0 Å². The Morgan fingerprint density at radius 2 is 2.25 bits per heavy atom. The first-order valence-corrected chi connectivity index (χ1v) is 7.91. The molecule has 7 heteroatoms. The van der Waals surface area contributed by atoms with Gasteiger partial charge in [0.15, 0.2) is 5.82 Å². The zero-order valence-corrected chi connectivity index (χ0v) is 13.7. The van der Waals surface area contributed by atoms with Crippen LogP contribution in [0.2, 0.25) is 0 Å². The summed E-state index contributed by atoms with van der Waals surface area (Å²) in [7, 11) is 1.66. The fourth-order valence-electron chi connectivity index (χ4n) is 2.98. The number of benzene rings is 1. The molecule has 1 aromatic carbocycles. The molecule has 1 fully saturated rings. The van der Waals surface area contributed by atoms with Crippen molar-refractivity contribution in [1.82, 2.24) is 15.0 Å². The fourth-order valence-corrected chi connectivity index (χ4v) is 2.98. The van der Waals surface area contributed by atoms with Gasteiger partial charge < -0.3 is 18.4 Å². The predicted octanol–water partition coefficient (Wildman–Crippen LogP) is 2.71. The van der Waals surface area contributed by atoms with Crippen LogP contribution in [0.3, 0.4) is 0 Å². The molecular weight excluding hydrogens is 310 g/mol. The average Bonchev–Trinajstić information content (AvgIpc) is 3.20. The van der Waals surface area contributed by atoms with Crippen molar-refractivity contribution in [3.8, 4) is 5.75 Å². The molecule has 1 saturated heterocycles. The molecule has 126 valence electrons. The number of aryl methyl sites for hydroxylation is 1. The second-order valence-electron chi connectivity index (χ2n) is 5.86. The van der Waals surface area contributed by atoms with Crippen molar-refractivity contribution in [2.45, 2.75) is 19.5 Å². The van der Waals surface area contributed by atoms with Crippen LogP contribution in [0, 0.1) is 6.92 Å². The highest BCUT2D eigenvalue weighted by molar-refractivity contribution is 5.79. The van der Waals surface area contributed by atoms with Gasteiger partial charge in [-0.25, -0.2) is 0 Å². The molecule has 1 aliphatic heterocycles. The lowest BCUT2D eigenvalue weighted by Crippen LogP contribution is -2.39. The molecule has 24 heavy (non-hydrogen) atoms. The SMILES string of the molecule is COc1ccc2oc(CN3CCOC[C@H]3c3nc(C)no3)cc2c1. The van der Waals surface area contributed by atoms with Crippen molar-refractivity contribution in [2.24, 2.45) is 0 Å². The molecule has 4 rings (SSSR count). The van der Waals surface area contributed by atoms with E-state index in [9.17, 15) is 0 Å². The summed E-state index contributed by atoms with van der Waals surface area (Å²) < 4.78 is 22.1. The molecule has 3 aromatic rings. The van der Waals surface area contributed by atoms with E-state index in [0.29, 0.717) is 31.5 Å². The molecule has 2 aromatic heterocycles. The van der Waals surface area contributed by atoms with Crippen LogP contribution < -0.4 is 4.74 Å². The molecule has 0 N–H and O–H groups in total. The van der Waals surface area contributed by atoms with E-state index in [-0.39, 0.29) is 6.04 Å². The Morgan fingerprint density at radius 1 is 1.33 bits per heavy atom. The predicted molar refractivity (Wildman–Crippen MR) is 85.8 cm³/mol. The van der Waals surface area contributed by atoms with E-state index in [0.717, 1.165) is 29.0 Å². The summed E-state index contributed by atoms with van der Waals surface area (Å²) in [6, 6.07) is 7.79. The molecule has 0 bridgehead atoms. The number of nitrogens with zero attached hydrogens (tertiary/aromatic N) is 3. The number of furan rings is 1. The molecule has 0 saturated carbocycles. The van der Waals surface area contributed by atoms with Gasteiger partial charge in [0.2, 0.25) is 5.89 Å². The van der Waals surface area contributed by atoms with Crippen LogP contribution in [0.15, 0.2) is 33.2 Å². The van der Waals surface area contributed by atoms with Gasteiger partial charge >= 0.3 is 0 Å². The zero-order chi connectivity index (χ0) is 16.5. The Kier molecular flexibility index (Phi) is 3.95. The molecule has 1 atom stereocenters. The molecule has 1 aliphatic rings. The van der Waals surface area contributed by atoms with Gasteiger partial charge in [-0.05, 0) is 31.2 Å². The zero-order valence-electron chi connectivity index (χ0n) is 13.7. The number of methoxy groups -OCH3 is 1. The second kappa shape index (κ2) is 6.26. The third kappa shape index (κ3) is 2.88. The van der Waals surface area contributed by atoms with Crippen molar-refractivity contribution < 1.29 is 18.4 Å². The van der Waals surface area contributed by atoms with Gasteiger partial charge in [-0.15, -0.1) is 0 Å². The van der Waals surface area contributed by atoms with Gasteiger partial charge in [0.25, 0.3) is 0 Å². The van der Waals surface area contributed by atoms with Gasteiger partial charge in [0.05, 0.1) is 26.9 Å². The number of hydrogen-bond donors (Lipinski definition) is 0.